The second-order valence-electron chi connectivity index (χ2n) is 5.29. The lowest BCUT2D eigenvalue weighted by molar-refractivity contribution is -0.00803. The largest absolute Gasteiger partial charge is 0.379 e. The van der Waals surface area contributed by atoms with Gasteiger partial charge in [-0.3, -0.25) is 4.90 Å². The van der Waals surface area contributed by atoms with E-state index in [9.17, 15) is 8.42 Å². The highest BCUT2D eigenvalue weighted by Gasteiger charge is 2.30. The maximum atomic E-state index is 12.2. The van der Waals surface area contributed by atoms with E-state index in [0.717, 1.165) is 24.4 Å². The van der Waals surface area contributed by atoms with E-state index in [1.807, 2.05) is 13.8 Å². The fourth-order valence-corrected chi connectivity index (χ4v) is 4.80. The van der Waals surface area contributed by atoms with Crippen LogP contribution in [-0.4, -0.2) is 51.7 Å². The summed E-state index contributed by atoms with van der Waals surface area (Å²) in [5.74, 6) is 0. The number of thiophene rings is 1. The molecule has 1 fully saturated rings. The van der Waals surface area contributed by atoms with Gasteiger partial charge in [0.05, 0.1) is 17.6 Å². The van der Waals surface area contributed by atoms with Gasteiger partial charge in [-0.15, -0.1) is 11.3 Å². The minimum absolute atomic E-state index is 0.250. The van der Waals surface area contributed by atoms with Gasteiger partial charge < -0.3 is 4.74 Å². The van der Waals surface area contributed by atoms with E-state index in [-0.39, 0.29) is 9.75 Å². The zero-order chi connectivity index (χ0) is 14.8. The van der Waals surface area contributed by atoms with Crippen LogP contribution < -0.4 is 4.72 Å². The smallest absolute Gasteiger partial charge is 0.250 e. The summed E-state index contributed by atoms with van der Waals surface area (Å²) in [6.07, 6.45) is 0. The molecule has 1 aliphatic heterocycles. The van der Waals surface area contributed by atoms with Crippen LogP contribution in [0.5, 0.6) is 0 Å². The van der Waals surface area contributed by atoms with Crippen molar-refractivity contribution in [3.63, 3.8) is 0 Å². The number of nitrogens with one attached hydrogen (secondary N) is 1. The quantitative estimate of drug-likeness (QED) is 0.889. The van der Waals surface area contributed by atoms with Crippen LogP contribution in [0, 0.1) is 0 Å². The first-order valence-corrected chi connectivity index (χ1v) is 9.07. The third-order valence-corrected chi connectivity index (χ3v) is 6.50. The van der Waals surface area contributed by atoms with Crippen LogP contribution in [-0.2, 0) is 14.8 Å². The van der Waals surface area contributed by atoms with Gasteiger partial charge in [0.25, 0.3) is 0 Å². The first-order valence-electron chi connectivity index (χ1n) is 6.39. The second kappa shape index (κ2) is 6.29. The zero-order valence-corrected chi connectivity index (χ0v) is 13.9. The fourth-order valence-electron chi connectivity index (χ4n) is 2.07. The van der Waals surface area contributed by atoms with Crippen molar-refractivity contribution in [2.75, 3.05) is 32.8 Å². The van der Waals surface area contributed by atoms with E-state index in [1.165, 1.54) is 6.07 Å². The number of morpholine rings is 1. The highest BCUT2D eigenvalue weighted by Crippen LogP contribution is 2.25. The molecule has 0 aliphatic carbocycles. The van der Waals surface area contributed by atoms with Gasteiger partial charge in [-0.2, -0.15) is 0 Å². The van der Waals surface area contributed by atoms with Gasteiger partial charge in [-0.1, -0.05) is 11.6 Å². The van der Waals surface area contributed by atoms with Crippen molar-refractivity contribution in [1.82, 2.24) is 9.62 Å². The SMILES string of the molecule is CC(C)(CNS(=O)(=O)c1ccc(Cl)s1)N1CCOCC1. The van der Waals surface area contributed by atoms with Gasteiger partial charge in [-0.25, -0.2) is 13.1 Å². The monoisotopic (exact) mass is 338 g/mol. The lowest BCUT2D eigenvalue weighted by Gasteiger charge is -2.40. The van der Waals surface area contributed by atoms with Crippen molar-refractivity contribution >= 4 is 33.0 Å². The number of ether oxygens (including phenoxy) is 1. The Labute approximate surface area is 128 Å². The molecule has 0 atom stereocenters. The van der Waals surface area contributed by atoms with Crippen molar-refractivity contribution < 1.29 is 13.2 Å². The average Bonchev–Trinajstić information content (AvgIpc) is 2.85. The molecule has 20 heavy (non-hydrogen) atoms. The molecular weight excluding hydrogens is 320 g/mol. The van der Waals surface area contributed by atoms with Gasteiger partial charge >= 0.3 is 0 Å². The number of nitrogens with zero attached hydrogens (tertiary/aromatic N) is 1. The molecule has 114 valence electrons. The Hall–Kier alpha value is -0.180. The van der Waals surface area contributed by atoms with Crippen LogP contribution in [0.2, 0.25) is 4.34 Å². The standard InChI is InChI=1S/C12H19ClN2O3S2/c1-12(2,15-5-7-18-8-6-15)9-14-20(16,17)11-4-3-10(13)19-11/h3-4,14H,5-9H2,1-2H3. The summed E-state index contributed by atoms with van der Waals surface area (Å²) in [7, 11) is -3.49. The van der Waals surface area contributed by atoms with Crippen LogP contribution in [0.3, 0.4) is 0 Å². The van der Waals surface area contributed by atoms with Gasteiger partial charge in [-0.05, 0) is 26.0 Å². The molecule has 2 heterocycles. The van der Waals surface area contributed by atoms with E-state index in [1.54, 1.807) is 6.07 Å². The third-order valence-electron chi connectivity index (χ3n) is 3.38. The predicted octanol–water partition coefficient (Wildman–Crippen LogP) is 1.79. The lowest BCUT2D eigenvalue weighted by atomic mass is 10.0. The maximum absolute atomic E-state index is 12.2. The molecule has 0 saturated carbocycles. The van der Waals surface area contributed by atoms with Crippen LogP contribution in [0.25, 0.3) is 0 Å². The summed E-state index contributed by atoms with van der Waals surface area (Å²) >= 11 is 6.84. The van der Waals surface area contributed by atoms with Gasteiger partial charge in [0.1, 0.15) is 4.21 Å². The number of rotatable bonds is 5. The summed E-state index contributed by atoms with van der Waals surface area (Å²) in [6, 6.07) is 3.12. The van der Waals surface area contributed by atoms with E-state index < -0.39 is 10.0 Å². The molecule has 1 aromatic rings. The second-order valence-corrected chi connectivity index (χ2v) is 9.00. The summed E-state index contributed by atoms with van der Waals surface area (Å²) in [6.45, 7) is 7.43. The van der Waals surface area contributed by atoms with Crippen LogP contribution in [0.1, 0.15) is 13.8 Å². The van der Waals surface area contributed by atoms with E-state index >= 15 is 0 Å². The first-order chi connectivity index (χ1) is 9.31. The summed E-state index contributed by atoms with van der Waals surface area (Å²) in [5.41, 5.74) is -0.252. The molecule has 1 aliphatic rings. The molecule has 0 amide bonds. The van der Waals surface area contributed by atoms with Gasteiger partial charge in [0, 0.05) is 25.2 Å². The molecule has 0 aromatic carbocycles. The Morgan fingerprint density at radius 1 is 1.40 bits per heavy atom. The molecule has 8 heteroatoms. The molecule has 1 aromatic heterocycles. The summed E-state index contributed by atoms with van der Waals surface area (Å²) < 4.78 is 33.1. The normalized spacial score (nSPS) is 18.4. The summed E-state index contributed by atoms with van der Waals surface area (Å²) in [4.78, 5) is 2.24. The van der Waals surface area contributed by atoms with E-state index in [4.69, 9.17) is 16.3 Å². The molecule has 0 spiro atoms. The van der Waals surface area contributed by atoms with Crippen molar-refractivity contribution in [3.05, 3.63) is 16.5 Å². The summed E-state index contributed by atoms with van der Waals surface area (Å²) in [5, 5.41) is 0. The Kier molecular flexibility index (Phi) is 5.09. The molecule has 2 rings (SSSR count). The van der Waals surface area contributed by atoms with Crippen LogP contribution in [0.15, 0.2) is 16.3 Å². The fraction of sp³-hybridized carbons (Fsp3) is 0.667. The number of hydrogen-bond donors (Lipinski definition) is 1. The Morgan fingerprint density at radius 3 is 2.60 bits per heavy atom. The van der Waals surface area contributed by atoms with Crippen molar-refractivity contribution in [2.24, 2.45) is 0 Å². The van der Waals surface area contributed by atoms with Crippen LogP contribution >= 0.6 is 22.9 Å². The van der Waals surface area contributed by atoms with Gasteiger partial charge in [0.2, 0.25) is 10.0 Å². The van der Waals surface area contributed by atoms with Crippen LogP contribution in [0.4, 0.5) is 0 Å². The molecular formula is C12H19ClN2O3S2. The molecule has 1 N–H and O–H groups in total. The molecule has 1 saturated heterocycles. The molecule has 0 bridgehead atoms. The van der Waals surface area contributed by atoms with E-state index in [0.29, 0.717) is 24.1 Å². The average molecular weight is 339 g/mol. The Morgan fingerprint density at radius 2 is 2.05 bits per heavy atom. The maximum Gasteiger partial charge on any atom is 0.250 e. The molecule has 5 nitrogen and oxygen atoms in total. The minimum Gasteiger partial charge on any atom is -0.379 e. The van der Waals surface area contributed by atoms with Gasteiger partial charge in [0.15, 0.2) is 0 Å². The highest BCUT2D eigenvalue weighted by molar-refractivity contribution is 7.91. The minimum atomic E-state index is -3.49. The Balaban J connectivity index is 1.99. The van der Waals surface area contributed by atoms with Crippen molar-refractivity contribution in [3.8, 4) is 0 Å². The lowest BCUT2D eigenvalue weighted by Crippen LogP contribution is -2.55. The number of halogens is 1. The van der Waals surface area contributed by atoms with E-state index in [2.05, 4.69) is 9.62 Å². The number of sulfonamides is 1. The first kappa shape index (κ1) is 16.2. The Bertz CT molecular complexity index is 551. The molecule has 0 unspecified atom stereocenters. The van der Waals surface area contributed by atoms with Crippen molar-refractivity contribution in [2.45, 2.75) is 23.6 Å². The molecule has 0 radical (unpaired) electrons. The third kappa shape index (κ3) is 3.93. The predicted molar refractivity (Wildman–Crippen MR) is 81.0 cm³/mol. The number of hydrogen-bond acceptors (Lipinski definition) is 5. The highest BCUT2D eigenvalue weighted by atomic mass is 35.5. The van der Waals surface area contributed by atoms with Crippen molar-refractivity contribution in [1.29, 1.82) is 0 Å². The zero-order valence-electron chi connectivity index (χ0n) is 11.6. The topological polar surface area (TPSA) is 58.6 Å².